The number of aliphatic hydroxyl groups excluding tert-OH is 1. The van der Waals surface area contributed by atoms with E-state index >= 15 is 0 Å². The average Bonchev–Trinajstić information content (AvgIpc) is 3.84. The Kier molecular flexibility index (Phi) is 12.1. The molecule has 3 N–H and O–H groups in total. The molecule has 18 heteroatoms. The number of β-amino-alcohol motifs (C(OH)–C–C–N with tert-alkyl or cyclic N) is 1. The molecule has 8 rings (SSSR count). The van der Waals surface area contributed by atoms with Gasteiger partial charge in [-0.1, -0.05) is 36.4 Å². The second kappa shape index (κ2) is 17.3. The summed E-state index contributed by atoms with van der Waals surface area (Å²) in [6.45, 7) is 4.60. The summed E-state index contributed by atoms with van der Waals surface area (Å²) in [5, 5.41) is 31.1. The Hall–Kier alpha value is -6.08. The van der Waals surface area contributed by atoms with Crippen LogP contribution in [-0.2, 0) is 20.0 Å². The highest BCUT2D eigenvalue weighted by Gasteiger charge is 2.22. The third kappa shape index (κ3) is 9.68. The first-order chi connectivity index (χ1) is 28.5. The summed E-state index contributed by atoms with van der Waals surface area (Å²) in [6, 6.07) is 30.1. The van der Waals surface area contributed by atoms with Crippen molar-refractivity contribution < 1.29 is 27.0 Å². The van der Waals surface area contributed by atoms with Gasteiger partial charge in [-0.3, -0.25) is 8.61 Å². The minimum atomic E-state index is -3.36. The number of hydrogen-bond donors (Lipinski definition) is 3. The van der Waals surface area contributed by atoms with E-state index in [1.54, 1.807) is 42.0 Å². The van der Waals surface area contributed by atoms with Gasteiger partial charge in [0, 0.05) is 37.5 Å². The van der Waals surface area contributed by atoms with Crippen molar-refractivity contribution in [3.05, 3.63) is 115 Å². The molecule has 314 valence electrons. The monoisotopic (exact) mass is 852 g/mol. The fourth-order valence-corrected chi connectivity index (χ4v) is 8.18. The molecule has 1 saturated heterocycles. The Morgan fingerprint density at radius 2 is 1.25 bits per heavy atom. The van der Waals surface area contributed by atoms with Crippen LogP contribution < -0.4 is 13.9 Å². The zero-order valence-corrected chi connectivity index (χ0v) is 35.6. The molecule has 7 aromatic rings. The molecule has 1 aliphatic rings. The number of aliphatic hydroxyl groups is 1. The van der Waals surface area contributed by atoms with Gasteiger partial charge in [-0.2, -0.15) is 0 Å². The van der Waals surface area contributed by atoms with Crippen LogP contribution in [0.2, 0.25) is 0 Å². The minimum Gasteiger partial charge on any atom is -0.478 e. The molecule has 5 heterocycles. The van der Waals surface area contributed by atoms with Gasteiger partial charge in [-0.15, -0.1) is 10.2 Å². The van der Waals surface area contributed by atoms with Crippen molar-refractivity contribution in [3.8, 4) is 28.5 Å². The van der Waals surface area contributed by atoms with E-state index in [9.17, 15) is 27.0 Å². The smallest absolute Gasteiger partial charge is 0.331 e. The standard InChI is InChI=1S/C28H34N6O3S.C14H14N4O3S/c1-20(35)19-33-15-13-22(14-16-33)21-7-9-24(10-8-21)30-28-29-18-26-11-12-27(34(26)31-28)23-5-4-6-25(17-23)32(2)38(3,36)37;1-17(22(2,20)21)11-5-3-4-10(8-11)13-7-6-12-9-15-14(19)16-18(12)13/h4-12,17-18,20,22,35H,13-16,19H2,1-3H3,(H,30,31);3-9H,1-2H3,(H,16,19)/t20-;/m0./s1. The number of piperidine rings is 1. The highest BCUT2D eigenvalue weighted by atomic mass is 32.2. The number of hydrogen-bond acceptors (Lipinski definition) is 12. The molecule has 0 saturated carbocycles. The zero-order chi connectivity index (χ0) is 42.8. The number of nitrogens with one attached hydrogen (secondary N) is 1. The molecule has 0 unspecified atom stereocenters. The van der Waals surface area contributed by atoms with Crippen LogP contribution in [0.1, 0.15) is 31.2 Å². The molecule has 4 aromatic heterocycles. The van der Waals surface area contributed by atoms with Crippen molar-refractivity contribution in [2.75, 3.05) is 60.2 Å². The van der Waals surface area contributed by atoms with E-state index in [4.69, 9.17) is 5.10 Å². The number of fused-ring (bicyclic) bond motifs is 2. The Labute approximate surface area is 349 Å². The Balaban J connectivity index is 0.000000210. The first-order valence-electron chi connectivity index (χ1n) is 19.3. The van der Waals surface area contributed by atoms with Gasteiger partial charge in [0.25, 0.3) is 0 Å². The van der Waals surface area contributed by atoms with E-state index in [-0.39, 0.29) is 12.1 Å². The van der Waals surface area contributed by atoms with Gasteiger partial charge < -0.3 is 20.4 Å². The highest BCUT2D eigenvalue weighted by molar-refractivity contribution is 7.92. The number of rotatable bonds is 11. The molecular formula is C42H48N10O6S2. The van der Waals surface area contributed by atoms with E-state index in [1.165, 1.54) is 33.7 Å². The molecule has 1 atom stereocenters. The maximum atomic E-state index is 12.0. The normalized spacial score (nSPS) is 14.4. The lowest BCUT2D eigenvalue weighted by Crippen LogP contribution is -2.37. The average molecular weight is 853 g/mol. The fourth-order valence-electron chi connectivity index (χ4n) is 7.18. The van der Waals surface area contributed by atoms with Crippen molar-refractivity contribution in [2.24, 2.45) is 0 Å². The molecule has 1 fully saturated rings. The van der Waals surface area contributed by atoms with Crippen molar-refractivity contribution >= 4 is 54.1 Å². The van der Waals surface area contributed by atoms with Crippen LogP contribution in [0.15, 0.2) is 109 Å². The van der Waals surface area contributed by atoms with Gasteiger partial charge in [-0.05, 0) is 105 Å². The topological polar surface area (TPSA) is 191 Å². The van der Waals surface area contributed by atoms with Crippen LogP contribution in [0.4, 0.5) is 23.0 Å². The quantitative estimate of drug-likeness (QED) is 0.146. The summed E-state index contributed by atoms with van der Waals surface area (Å²) in [4.78, 5) is 10.5. The Morgan fingerprint density at radius 1 is 0.733 bits per heavy atom. The van der Waals surface area contributed by atoms with Gasteiger partial charge in [0.15, 0.2) is 0 Å². The summed E-state index contributed by atoms with van der Waals surface area (Å²) >= 11 is 0. The van der Waals surface area contributed by atoms with Crippen LogP contribution in [-0.4, -0.2) is 113 Å². The molecule has 60 heavy (non-hydrogen) atoms. The Morgan fingerprint density at radius 3 is 1.77 bits per heavy atom. The summed E-state index contributed by atoms with van der Waals surface area (Å²) in [7, 11) is -3.65. The SMILES string of the molecule is CN(c1cccc(-c2ccc3cnc(O)nn23)c1)S(C)(=O)=O.C[C@H](O)CN1CCC(c2ccc(Nc3ncc4ccc(-c5cccc(N(C)S(C)(=O)=O)c5)n4n3)cc2)CC1. The zero-order valence-electron chi connectivity index (χ0n) is 34.0. The second-order valence-electron chi connectivity index (χ2n) is 15.0. The van der Waals surface area contributed by atoms with Crippen molar-refractivity contribution in [1.29, 1.82) is 0 Å². The van der Waals surface area contributed by atoms with Crippen molar-refractivity contribution in [3.63, 3.8) is 0 Å². The van der Waals surface area contributed by atoms with Crippen molar-refractivity contribution in [1.82, 2.24) is 34.1 Å². The molecule has 0 aliphatic carbocycles. The number of benzene rings is 3. The van der Waals surface area contributed by atoms with Gasteiger partial charge in [0.1, 0.15) is 0 Å². The maximum absolute atomic E-state index is 12.0. The first-order valence-corrected chi connectivity index (χ1v) is 23.0. The van der Waals surface area contributed by atoms with Crippen LogP contribution >= 0.6 is 0 Å². The minimum absolute atomic E-state index is 0.285. The summed E-state index contributed by atoms with van der Waals surface area (Å²) < 4.78 is 53.1. The number of aromatic nitrogens is 6. The van der Waals surface area contributed by atoms with E-state index in [0.717, 1.165) is 78.0 Å². The van der Waals surface area contributed by atoms with Crippen molar-refractivity contribution in [2.45, 2.75) is 31.8 Å². The van der Waals surface area contributed by atoms with Gasteiger partial charge in [-0.25, -0.2) is 35.8 Å². The van der Waals surface area contributed by atoms with Gasteiger partial charge in [0.2, 0.25) is 26.0 Å². The van der Waals surface area contributed by atoms with Crippen LogP contribution in [0.5, 0.6) is 6.01 Å². The summed E-state index contributed by atoms with van der Waals surface area (Å²) in [5.41, 5.74) is 8.15. The summed E-state index contributed by atoms with van der Waals surface area (Å²) in [5.74, 6) is 1.00. The predicted octanol–water partition coefficient (Wildman–Crippen LogP) is 5.59. The number of sulfonamides is 2. The number of nitrogens with zero attached hydrogens (tertiary/aromatic N) is 9. The first kappa shape index (κ1) is 42.1. The van der Waals surface area contributed by atoms with E-state index < -0.39 is 20.0 Å². The molecule has 0 spiro atoms. The van der Waals surface area contributed by atoms with Crippen LogP contribution in [0.25, 0.3) is 33.5 Å². The number of anilines is 4. The molecule has 16 nitrogen and oxygen atoms in total. The lowest BCUT2D eigenvalue weighted by atomic mass is 9.89. The molecular weight excluding hydrogens is 805 g/mol. The molecule has 0 bridgehead atoms. The maximum Gasteiger partial charge on any atom is 0.331 e. The van der Waals surface area contributed by atoms with E-state index in [0.29, 0.717) is 23.2 Å². The highest BCUT2D eigenvalue weighted by Crippen LogP contribution is 2.31. The van der Waals surface area contributed by atoms with Crippen LogP contribution in [0, 0.1) is 0 Å². The van der Waals surface area contributed by atoms with E-state index in [2.05, 4.69) is 49.5 Å². The predicted molar refractivity (Wildman–Crippen MR) is 235 cm³/mol. The molecule has 3 aromatic carbocycles. The molecule has 0 radical (unpaired) electrons. The van der Waals surface area contributed by atoms with E-state index in [1.807, 2.05) is 60.0 Å². The molecule has 0 amide bonds. The third-order valence-electron chi connectivity index (χ3n) is 10.5. The largest absolute Gasteiger partial charge is 0.478 e. The number of aromatic hydroxyl groups is 1. The summed E-state index contributed by atoms with van der Waals surface area (Å²) in [6.07, 6.45) is 7.52. The Bertz CT molecular complexity index is 2840. The third-order valence-corrected chi connectivity index (χ3v) is 13.0. The lowest BCUT2D eigenvalue weighted by molar-refractivity contribution is 0.109. The fraction of sp³-hybridized carbons (Fsp3) is 0.286. The van der Waals surface area contributed by atoms with Gasteiger partial charge in [0.05, 0.1) is 64.8 Å². The molecule has 1 aliphatic heterocycles. The second-order valence-corrected chi connectivity index (χ2v) is 19.0. The van der Waals surface area contributed by atoms with Gasteiger partial charge >= 0.3 is 6.01 Å². The number of likely N-dealkylation sites (tertiary alicyclic amines) is 1. The van der Waals surface area contributed by atoms with Crippen LogP contribution in [0.3, 0.4) is 0 Å². The lowest BCUT2D eigenvalue weighted by Gasteiger charge is -2.32.